The Morgan fingerprint density at radius 3 is 1.29 bits per heavy atom. The molecule has 0 aromatic heterocycles. The highest BCUT2D eigenvalue weighted by molar-refractivity contribution is 7.38. The Hall–Kier alpha value is -0.240. The number of quaternary nitrogens is 1. The van der Waals surface area contributed by atoms with Crippen molar-refractivity contribution < 1.29 is 13.9 Å². The van der Waals surface area contributed by atoms with Gasteiger partial charge in [0, 0.05) is 12.8 Å². The Balaban J connectivity index is 3.51. The van der Waals surface area contributed by atoms with Crippen LogP contribution in [0.3, 0.4) is 0 Å². The lowest BCUT2D eigenvalue weighted by Gasteiger charge is -2.39. The summed E-state index contributed by atoms with van der Waals surface area (Å²) in [4.78, 5) is 12.1. The first kappa shape index (κ1) is 34.8. The second-order valence-electron chi connectivity index (χ2n) is 11.8. The van der Waals surface area contributed by atoms with Gasteiger partial charge in [-0.3, -0.25) is 4.48 Å². The van der Waals surface area contributed by atoms with Gasteiger partial charge in [0.05, 0.1) is 21.1 Å². The molecule has 0 aliphatic rings. The Morgan fingerprint density at radius 1 is 0.571 bits per heavy atom. The van der Waals surface area contributed by atoms with Gasteiger partial charge in [0.1, 0.15) is 0 Å². The van der Waals surface area contributed by atoms with Crippen LogP contribution >= 0.6 is 8.03 Å². The zero-order chi connectivity index (χ0) is 26.3. The lowest BCUT2D eigenvalue weighted by Crippen LogP contribution is -2.55. The van der Waals surface area contributed by atoms with Gasteiger partial charge < -0.3 is 4.89 Å². The van der Waals surface area contributed by atoms with Gasteiger partial charge in [0.25, 0.3) is 5.28 Å². The molecule has 0 aliphatic heterocycles. The number of rotatable bonds is 26. The molecule has 0 spiro atoms. The van der Waals surface area contributed by atoms with Crippen LogP contribution in [0.25, 0.3) is 0 Å². The van der Waals surface area contributed by atoms with Gasteiger partial charge in [-0.25, -0.2) is 0 Å². The molecule has 0 saturated heterocycles. The fourth-order valence-electron chi connectivity index (χ4n) is 5.34. The van der Waals surface area contributed by atoms with Gasteiger partial charge in [0.15, 0.2) is 0 Å². The molecule has 0 rings (SSSR count). The molecule has 35 heavy (non-hydrogen) atoms. The fourth-order valence-corrected chi connectivity index (χ4v) is 6.58. The number of allylic oxidation sites excluding steroid dienone is 2. The minimum atomic E-state index is -2.42. The average molecular weight is 513 g/mol. The molecule has 208 valence electrons. The molecule has 0 amide bonds. The maximum absolute atomic E-state index is 12.1. The Bertz CT molecular complexity index is 515. The highest BCUT2D eigenvalue weighted by Gasteiger charge is 2.53. The quantitative estimate of drug-likeness (QED) is 0.0500. The van der Waals surface area contributed by atoms with Gasteiger partial charge in [-0.15, -0.1) is 0 Å². The van der Waals surface area contributed by atoms with E-state index in [0.717, 1.165) is 25.7 Å². The van der Waals surface area contributed by atoms with Crippen LogP contribution in [0.15, 0.2) is 12.2 Å². The SMILES string of the molecule is CCCCCC=CCCCCCCCCCCCCCCCCCC(CCC)([P+](=O)[O-])[N+](C)(C)C. The zero-order valence-electron chi connectivity index (χ0n) is 24.6. The van der Waals surface area contributed by atoms with E-state index in [1.165, 1.54) is 122 Å². The first-order valence-corrected chi connectivity index (χ1v) is 16.6. The van der Waals surface area contributed by atoms with Gasteiger partial charge in [0.2, 0.25) is 0 Å². The first-order valence-electron chi connectivity index (χ1n) is 15.4. The summed E-state index contributed by atoms with van der Waals surface area (Å²) in [6, 6.07) is 0. The molecule has 2 atom stereocenters. The van der Waals surface area contributed by atoms with Gasteiger partial charge in [-0.1, -0.05) is 127 Å². The van der Waals surface area contributed by atoms with Crippen LogP contribution in [0.2, 0.25) is 0 Å². The molecule has 0 aromatic rings. The Morgan fingerprint density at radius 2 is 0.943 bits per heavy atom. The summed E-state index contributed by atoms with van der Waals surface area (Å²) >= 11 is 0. The summed E-state index contributed by atoms with van der Waals surface area (Å²) in [6.07, 6.45) is 34.1. The van der Waals surface area contributed by atoms with Crippen molar-refractivity contribution in [3.05, 3.63) is 12.2 Å². The van der Waals surface area contributed by atoms with Crippen molar-refractivity contribution in [2.24, 2.45) is 0 Å². The third kappa shape index (κ3) is 17.8. The lowest BCUT2D eigenvalue weighted by molar-refractivity contribution is -0.910. The standard InChI is InChI=1S/C31H63NO2P/c1-6-8-9-10-11-12-13-14-15-16-17-18-19-20-21-22-23-24-25-26-27-28-30-31(29-7-2,35(33)34)32(3,4)5/h11-12H,6-10,13-30H2,1-5H3/q+1. The molecule has 2 unspecified atom stereocenters. The summed E-state index contributed by atoms with van der Waals surface area (Å²) in [5.74, 6) is 0. The topological polar surface area (TPSA) is 40.1 Å². The van der Waals surface area contributed by atoms with E-state index in [1.54, 1.807) is 0 Å². The second kappa shape index (κ2) is 22.9. The molecule has 0 heterocycles. The lowest BCUT2D eigenvalue weighted by atomic mass is 9.99. The fraction of sp³-hybridized carbons (Fsp3) is 0.935. The molecular formula is C31H63NO2P+. The van der Waals surface area contributed by atoms with Crippen molar-refractivity contribution in [3.8, 4) is 0 Å². The maximum Gasteiger partial charge on any atom is 0.376 e. The molecular weight excluding hydrogens is 449 g/mol. The van der Waals surface area contributed by atoms with E-state index >= 15 is 0 Å². The first-order chi connectivity index (χ1) is 16.8. The molecule has 4 heteroatoms. The number of unbranched alkanes of at least 4 members (excludes halogenated alkanes) is 18. The smallest absolute Gasteiger partial charge is 0.376 e. The monoisotopic (exact) mass is 512 g/mol. The third-order valence-electron chi connectivity index (χ3n) is 7.83. The number of nitrogens with zero attached hydrogens (tertiary/aromatic N) is 1. The highest BCUT2D eigenvalue weighted by Crippen LogP contribution is 2.45. The van der Waals surface area contributed by atoms with Gasteiger partial charge >= 0.3 is 8.03 Å². The van der Waals surface area contributed by atoms with Crippen LogP contribution in [0.4, 0.5) is 0 Å². The molecule has 0 fully saturated rings. The Labute approximate surface area is 222 Å². The molecule has 0 saturated carbocycles. The summed E-state index contributed by atoms with van der Waals surface area (Å²) < 4.78 is 12.6. The van der Waals surface area contributed by atoms with Crippen LogP contribution in [-0.2, 0) is 4.57 Å². The van der Waals surface area contributed by atoms with Crippen LogP contribution < -0.4 is 4.89 Å². The van der Waals surface area contributed by atoms with Crippen LogP contribution in [0.1, 0.15) is 162 Å². The van der Waals surface area contributed by atoms with Crippen LogP contribution in [-0.4, -0.2) is 30.9 Å². The van der Waals surface area contributed by atoms with Gasteiger partial charge in [-0.05, 0) is 38.5 Å². The number of hydrogen-bond donors (Lipinski definition) is 0. The van der Waals surface area contributed by atoms with E-state index in [1.807, 2.05) is 21.1 Å². The third-order valence-corrected chi connectivity index (χ3v) is 9.55. The summed E-state index contributed by atoms with van der Waals surface area (Å²) in [5.41, 5.74) is 0. The minimum absolute atomic E-state index is 0.524. The van der Waals surface area contributed by atoms with E-state index in [4.69, 9.17) is 0 Å². The highest BCUT2D eigenvalue weighted by atomic mass is 31.1. The van der Waals surface area contributed by atoms with Crippen LogP contribution in [0.5, 0.6) is 0 Å². The molecule has 0 radical (unpaired) electrons. The molecule has 0 bridgehead atoms. The maximum atomic E-state index is 12.1. The van der Waals surface area contributed by atoms with Crippen molar-refractivity contribution >= 4 is 8.03 Å². The normalized spacial score (nSPS) is 14.5. The molecule has 3 nitrogen and oxygen atoms in total. The number of hydrogen-bond acceptors (Lipinski definition) is 2. The Kier molecular flexibility index (Phi) is 22.8. The zero-order valence-corrected chi connectivity index (χ0v) is 25.5. The van der Waals surface area contributed by atoms with E-state index in [0.29, 0.717) is 4.48 Å². The van der Waals surface area contributed by atoms with Crippen molar-refractivity contribution in [2.75, 3.05) is 21.1 Å². The largest absolute Gasteiger partial charge is 0.590 e. The van der Waals surface area contributed by atoms with Crippen molar-refractivity contribution in [1.29, 1.82) is 0 Å². The van der Waals surface area contributed by atoms with Crippen molar-refractivity contribution in [2.45, 2.75) is 167 Å². The predicted molar refractivity (Wildman–Crippen MR) is 155 cm³/mol. The average Bonchev–Trinajstić information content (AvgIpc) is 2.80. The van der Waals surface area contributed by atoms with E-state index < -0.39 is 13.3 Å². The van der Waals surface area contributed by atoms with Crippen molar-refractivity contribution in [3.63, 3.8) is 0 Å². The molecule has 0 aliphatic carbocycles. The van der Waals surface area contributed by atoms with Crippen LogP contribution in [0, 0.1) is 0 Å². The van der Waals surface area contributed by atoms with E-state index in [9.17, 15) is 9.46 Å². The summed E-state index contributed by atoms with van der Waals surface area (Å²) in [5, 5.41) is -0.588. The van der Waals surface area contributed by atoms with E-state index in [2.05, 4.69) is 26.0 Å². The minimum Gasteiger partial charge on any atom is -0.590 e. The second-order valence-corrected chi connectivity index (χ2v) is 13.2. The summed E-state index contributed by atoms with van der Waals surface area (Å²) in [6.45, 7) is 4.37. The predicted octanol–water partition coefficient (Wildman–Crippen LogP) is 10.1. The molecule has 0 N–H and O–H groups in total. The summed E-state index contributed by atoms with van der Waals surface area (Å²) in [7, 11) is 3.69. The van der Waals surface area contributed by atoms with E-state index in [-0.39, 0.29) is 0 Å². The van der Waals surface area contributed by atoms with Gasteiger partial charge in [-0.2, -0.15) is 0 Å². The molecule has 0 aromatic carbocycles. The van der Waals surface area contributed by atoms with Crippen molar-refractivity contribution in [1.82, 2.24) is 0 Å².